The molecule has 1 aliphatic heterocycles. The zero-order chi connectivity index (χ0) is 14.5. The van der Waals surface area contributed by atoms with Crippen molar-refractivity contribution in [2.24, 2.45) is 5.10 Å². The molecule has 0 aromatic heterocycles. The molecule has 1 aromatic rings. The lowest BCUT2D eigenvalue weighted by Gasteiger charge is -2.04. The summed E-state index contributed by atoms with van der Waals surface area (Å²) in [5.41, 5.74) is 0.840. The van der Waals surface area contributed by atoms with Crippen LogP contribution in [0.3, 0.4) is 0 Å². The van der Waals surface area contributed by atoms with Gasteiger partial charge < -0.3 is 0 Å². The van der Waals surface area contributed by atoms with Crippen LogP contribution >= 0.6 is 24.0 Å². The third-order valence-corrected chi connectivity index (χ3v) is 3.73. The largest absolute Gasteiger partial charge is 0.272 e. The van der Waals surface area contributed by atoms with Gasteiger partial charge in [-0.05, 0) is 23.8 Å². The first-order chi connectivity index (χ1) is 9.58. The molecule has 1 aliphatic rings. The van der Waals surface area contributed by atoms with Crippen LogP contribution in [0, 0.1) is 10.1 Å². The molecule has 6 nitrogen and oxygen atoms in total. The van der Waals surface area contributed by atoms with Crippen molar-refractivity contribution < 1.29 is 9.72 Å². The minimum atomic E-state index is -0.452. The van der Waals surface area contributed by atoms with Crippen molar-refractivity contribution in [3.8, 4) is 0 Å². The third kappa shape index (κ3) is 3.49. The van der Waals surface area contributed by atoms with Crippen molar-refractivity contribution in [1.29, 1.82) is 0 Å². The first kappa shape index (κ1) is 14.4. The van der Waals surface area contributed by atoms with Gasteiger partial charge in [-0.3, -0.25) is 14.9 Å². The Kier molecular flexibility index (Phi) is 4.59. The van der Waals surface area contributed by atoms with Crippen LogP contribution in [0.25, 0.3) is 6.08 Å². The van der Waals surface area contributed by atoms with E-state index < -0.39 is 4.92 Å². The van der Waals surface area contributed by atoms with Crippen LogP contribution in [0.2, 0.25) is 0 Å². The van der Waals surface area contributed by atoms with E-state index in [-0.39, 0.29) is 11.6 Å². The Hall–Kier alpha value is -2.06. The Labute approximate surface area is 124 Å². The molecule has 0 spiro atoms. The summed E-state index contributed by atoms with van der Waals surface area (Å²) < 4.78 is 0.440. The number of rotatable bonds is 4. The maximum absolute atomic E-state index is 11.4. The van der Waals surface area contributed by atoms with Gasteiger partial charge in [-0.25, -0.2) is 0 Å². The standard InChI is InChI=1S/C12H9N3O3S2/c16-11-8-20-12(19)14(11)13-7-1-2-9-3-5-10(6-4-9)15(17)18/h1-7H,8H2/b2-1+,13-7-. The van der Waals surface area contributed by atoms with E-state index in [4.69, 9.17) is 12.2 Å². The van der Waals surface area contributed by atoms with Crippen molar-refractivity contribution in [2.45, 2.75) is 0 Å². The summed E-state index contributed by atoms with van der Waals surface area (Å²) in [6, 6.07) is 6.10. The highest BCUT2D eigenvalue weighted by Gasteiger charge is 2.25. The molecule has 0 saturated carbocycles. The van der Waals surface area contributed by atoms with Gasteiger partial charge in [-0.1, -0.05) is 30.1 Å². The molecule has 2 rings (SSSR count). The molecule has 1 aromatic carbocycles. The lowest BCUT2D eigenvalue weighted by atomic mass is 10.2. The zero-order valence-corrected chi connectivity index (χ0v) is 11.8. The first-order valence-electron chi connectivity index (χ1n) is 5.53. The van der Waals surface area contributed by atoms with Crippen LogP contribution in [0.15, 0.2) is 35.4 Å². The molecule has 0 unspecified atom stereocenters. The van der Waals surface area contributed by atoms with Crippen LogP contribution in [0.4, 0.5) is 5.69 Å². The molecule has 0 aliphatic carbocycles. The van der Waals surface area contributed by atoms with Crippen molar-refractivity contribution in [3.63, 3.8) is 0 Å². The van der Waals surface area contributed by atoms with E-state index in [9.17, 15) is 14.9 Å². The number of non-ortho nitro benzene ring substituents is 1. The van der Waals surface area contributed by atoms with Crippen LogP contribution < -0.4 is 0 Å². The Bertz CT molecular complexity index is 595. The molecule has 1 saturated heterocycles. The molecule has 0 bridgehead atoms. The third-order valence-electron chi connectivity index (χ3n) is 2.39. The fourth-order valence-electron chi connectivity index (χ4n) is 1.43. The number of hydrazone groups is 1. The molecule has 1 fully saturated rings. The summed E-state index contributed by atoms with van der Waals surface area (Å²) in [4.78, 5) is 21.4. The molecular formula is C12H9N3O3S2. The monoisotopic (exact) mass is 307 g/mol. The minimum Gasteiger partial charge on any atom is -0.272 e. The van der Waals surface area contributed by atoms with Gasteiger partial charge in [0, 0.05) is 18.3 Å². The maximum atomic E-state index is 11.4. The first-order valence-corrected chi connectivity index (χ1v) is 6.92. The highest BCUT2D eigenvalue weighted by molar-refractivity contribution is 8.23. The van der Waals surface area contributed by atoms with Crippen molar-refractivity contribution in [3.05, 3.63) is 46.0 Å². The van der Waals surface area contributed by atoms with Gasteiger partial charge in [0.1, 0.15) is 0 Å². The summed E-state index contributed by atoms with van der Waals surface area (Å²) in [6.07, 6.45) is 4.82. The summed E-state index contributed by atoms with van der Waals surface area (Å²) >= 11 is 6.24. The number of thiocarbonyl (C=S) groups is 1. The van der Waals surface area contributed by atoms with E-state index >= 15 is 0 Å². The van der Waals surface area contributed by atoms with E-state index in [1.54, 1.807) is 24.3 Å². The Morgan fingerprint density at radius 2 is 2.10 bits per heavy atom. The van der Waals surface area contributed by atoms with E-state index in [0.29, 0.717) is 10.1 Å². The number of benzene rings is 1. The number of nitro benzene ring substituents is 1. The van der Waals surface area contributed by atoms with E-state index in [2.05, 4.69) is 5.10 Å². The van der Waals surface area contributed by atoms with Crippen LogP contribution in [0.1, 0.15) is 5.56 Å². The van der Waals surface area contributed by atoms with Crippen LogP contribution in [0.5, 0.6) is 0 Å². The summed E-state index contributed by atoms with van der Waals surface area (Å²) in [7, 11) is 0. The molecule has 102 valence electrons. The molecule has 8 heteroatoms. The SMILES string of the molecule is O=C1CSC(=S)N1/N=C\C=C\c1ccc([N+](=O)[O-])cc1. The predicted molar refractivity (Wildman–Crippen MR) is 82.5 cm³/mol. The molecule has 1 amide bonds. The molecule has 0 N–H and O–H groups in total. The molecule has 20 heavy (non-hydrogen) atoms. The Morgan fingerprint density at radius 1 is 1.40 bits per heavy atom. The topological polar surface area (TPSA) is 75.8 Å². The van der Waals surface area contributed by atoms with Gasteiger partial charge in [0.25, 0.3) is 11.6 Å². The summed E-state index contributed by atoms with van der Waals surface area (Å²) in [5, 5.41) is 15.6. The van der Waals surface area contributed by atoms with Crippen LogP contribution in [-0.4, -0.2) is 32.1 Å². The second-order valence-corrected chi connectivity index (χ2v) is 5.34. The highest BCUT2D eigenvalue weighted by atomic mass is 32.2. The number of allylic oxidation sites excluding steroid dienone is 1. The maximum Gasteiger partial charge on any atom is 0.269 e. The lowest BCUT2D eigenvalue weighted by Crippen LogP contribution is -2.22. The van der Waals surface area contributed by atoms with Gasteiger partial charge in [-0.15, -0.1) is 0 Å². The van der Waals surface area contributed by atoms with Crippen LogP contribution in [-0.2, 0) is 4.79 Å². The normalized spacial score (nSPS) is 15.7. The van der Waals surface area contributed by atoms with Gasteiger partial charge in [0.2, 0.25) is 0 Å². The number of thioether (sulfide) groups is 1. The van der Waals surface area contributed by atoms with Crippen molar-refractivity contribution in [2.75, 3.05) is 5.75 Å². The second kappa shape index (κ2) is 6.40. The second-order valence-electron chi connectivity index (χ2n) is 3.73. The number of nitro groups is 1. The van der Waals surface area contributed by atoms with E-state index in [1.807, 2.05) is 0 Å². The highest BCUT2D eigenvalue weighted by Crippen LogP contribution is 2.19. The molecule has 1 heterocycles. The smallest absolute Gasteiger partial charge is 0.269 e. The van der Waals surface area contributed by atoms with Gasteiger partial charge in [0.15, 0.2) is 4.32 Å². The number of carbonyl (C=O) groups is 1. The number of nitrogens with zero attached hydrogens (tertiary/aromatic N) is 3. The van der Waals surface area contributed by atoms with E-state index in [1.165, 1.54) is 35.1 Å². The Balaban J connectivity index is 1.98. The van der Waals surface area contributed by atoms with Crippen molar-refractivity contribution in [1.82, 2.24) is 5.01 Å². The number of hydrogen-bond acceptors (Lipinski definition) is 6. The quantitative estimate of drug-likeness (QED) is 0.369. The fraction of sp³-hybridized carbons (Fsp3) is 0.0833. The zero-order valence-electron chi connectivity index (χ0n) is 10.1. The summed E-state index contributed by atoms with van der Waals surface area (Å²) in [5.74, 6) is 0.183. The lowest BCUT2D eigenvalue weighted by molar-refractivity contribution is -0.384. The molecular weight excluding hydrogens is 298 g/mol. The fourth-order valence-corrected chi connectivity index (χ4v) is 2.39. The van der Waals surface area contributed by atoms with Gasteiger partial charge in [0.05, 0.1) is 10.7 Å². The number of carbonyl (C=O) groups excluding carboxylic acids is 1. The molecule has 0 atom stereocenters. The van der Waals surface area contributed by atoms with Gasteiger partial charge >= 0.3 is 0 Å². The average Bonchev–Trinajstić information content (AvgIpc) is 2.75. The number of amides is 1. The van der Waals surface area contributed by atoms with Crippen molar-refractivity contribution >= 4 is 52.2 Å². The minimum absolute atomic E-state index is 0.0425. The molecule has 0 radical (unpaired) electrons. The van der Waals surface area contributed by atoms with E-state index in [0.717, 1.165) is 5.56 Å². The van der Waals surface area contributed by atoms with Gasteiger partial charge in [-0.2, -0.15) is 10.1 Å². The summed E-state index contributed by atoms with van der Waals surface area (Å²) in [6.45, 7) is 0. The average molecular weight is 307 g/mol. The Morgan fingerprint density at radius 3 is 2.65 bits per heavy atom. The number of hydrogen-bond donors (Lipinski definition) is 0. The predicted octanol–water partition coefficient (Wildman–Crippen LogP) is 2.45.